The van der Waals surface area contributed by atoms with E-state index in [9.17, 15) is 5.11 Å². The number of nitrogens with one attached hydrogen (secondary N) is 1. The van der Waals surface area contributed by atoms with E-state index in [1.54, 1.807) is 13.2 Å². The number of rotatable bonds is 3. The van der Waals surface area contributed by atoms with Crippen LogP contribution < -0.4 is 4.74 Å². The van der Waals surface area contributed by atoms with Gasteiger partial charge in [-0.1, -0.05) is 24.3 Å². The molecule has 1 aliphatic rings. The Labute approximate surface area is 135 Å². The Hall–Kier alpha value is -2.46. The lowest BCUT2D eigenvalue weighted by Crippen LogP contribution is -2.29. The highest BCUT2D eigenvalue weighted by Crippen LogP contribution is 2.30. The van der Waals surface area contributed by atoms with E-state index < -0.39 is 0 Å². The second kappa shape index (κ2) is 5.63. The summed E-state index contributed by atoms with van der Waals surface area (Å²) in [4.78, 5) is 5.98. The first-order chi connectivity index (χ1) is 11.2. The van der Waals surface area contributed by atoms with Gasteiger partial charge in [0, 0.05) is 36.2 Å². The number of hydrogen-bond donors (Lipinski definition) is 2. The third-order valence-corrected chi connectivity index (χ3v) is 4.61. The number of fused-ring (bicyclic) bond motifs is 3. The number of para-hydroxylation sites is 1. The van der Waals surface area contributed by atoms with E-state index in [4.69, 9.17) is 4.74 Å². The van der Waals surface area contributed by atoms with Crippen LogP contribution in [0.1, 0.15) is 16.8 Å². The van der Waals surface area contributed by atoms with Crippen molar-refractivity contribution in [1.29, 1.82) is 0 Å². The van der Waals surface area contributed by atoms with Crippen molar-refractivity contribution in [2.75, 3.05) is 13.7 Å². The molecule has 2 heterocycles. The minimum Gasteiger partial charge on any atom is -0.504 e. The van der Waals surface area contributed by atoms with Crippen LogP contribution in [0, 0.1) is 0 Å². The van der Waals surface area contributed by atoms with E-state index in [1.807, 2.05) is 12.1 Å². The number of hydrogen-bond acceptors (Lipinski definition) is 3. The monoisotopic (exact) mass is 308 g/mol. The molecule has 0 unspecified atom stereocenters. The van der Waals surface area contributed by atoms with Crippen LogP contribution in [0.4, 0.5) is 0 Å². The highest BCUT2D eigenvalue weighted by Gasteiger charge is 2.20. The van der Waals surface area contributed by atoms with Gasteiger partial charge in [-0.3, -0.25) is 4.90 Å². The number of phenolic OH excluding ortho intramolecular Hbond substituents is 1. The summed E-state index contributed by atoms with van der Waals surface area (Å²) in [5.41, 5.74) is 5.16. The van der Waals surface area contributed by atoms with Gasteiger partial charge in [-0.15, -0.1) is 0 Å². The normalized spacial score (nSPS) is 14.8. The van der Waals surface area contributed by atoms with Gasteiger partial charge in [0.15, 0.2) is 11.5 Å². The first-order valence-corrected chi connectivity index (χ1v) is 7.91. The number of aromatic amines is 1. The molecule has 0 bridgehead atoms. The molecule has 0 saturated heterocycles. The van der Waals surface area contributed by atoms with E-state index in [0.29, 0.717) is 5.75 Å². The van der Waals surface area contributed by atoms with Crippen LogP contribution in [0.2, 0.25) is 0 Å². The van der Waals surface area contributed by atoms with Crippen molar-refractivity contribution in [3.63, 3.8) is 0 Å². The van der Waals surface area contributed by atoms with Crippen LogP contribution in [0.15, 0.2) is 42.5 Å². The van der Waals surface area contributed by atoms with Gasteiger partial charge in [0.2, 0.25) is 0 Å². The summed E-state index contributed by atoms with van der Waals surface area (Å²) in [6, 6.07) is 14.1. The van der Waals surface area contributed by atoms with Gasteiger partial charge in [-0.05, 0) is 35.7 Å². The SMILES string of the molecule is COc1cc(CN2CCc3c([nH]c4ccccc34)C2)ccc1O. The first-order valence-electron chi connectivity index (χ1n) is 7.91. The van der Waals surface area contributed by atoms with Gasteiger partial charge in [-0.25, -0.2) is 0 Å². The minimum absolute atomic E-state index is 0.188. The van der Waals surface area contributed by atoms with Crippen LogP contribution in [-0.4, -0.2) is 28.6 Å². The molecule has 118 valence electrons. The number of methoxy groups -OCH3 is 1. The molecule has 0 amide bonds. The fourth-order valence-corrected chi connectivity index (χ4v) is 3.46. The smallest absolute Gasteiger partial charge is 0.160 e. The Morgan fingerprint density at radius 1 is 1.22 bits per heavy atom. The second-order valence-electron chi connectivity index (χ2n) is 6.09. The summed E-state index contributed by atoms with van der Waals surface area (Å²) >= 11 is 0. The van der Waals surface area contributed by atoms with Crippen molar-refractivity contribution in [2.45, 2.75) is 19.5 Å². The number of nitrogens with zero attached hydrogens (tertiary/aromatic N) is 1. The molecule has 4 heteroatoms. The third-order valence-electron chi connectivity index (χ3n) is 4.61. The Kier molecular flexibility index (Phi) is 3.46. The van der Waals surface area contributed by atoms with E-state index >= 15 is 0 Å². The molecule has 0 fully saturated rings. The van der Waals surface area contributed by atoms with E-state index in [-0.39, 0.29) is 5.75 Å². The molecule has 1 aliphatic heterocycles. The average molecular weight is 308 g/mol. The average Bonchev–Trinajstić information content (AvgIpc) is 2.94. The van der Waals surface area contributed by atoms with Crippen LogP contribution in [-0.2, 0) is 19.5 Å². The zero-order chi connectivity index (χ0) is 15.8. The fourth-order valence-electron chi connectivity index (χ4n) is 3.46. The van der Waals surface area contributed by atoms with Gasteiger partial charge in [0.1, 0.15) is 0 Å². The van der Waals surface area contributed by atoms with Gasteiger partial charge in [0.05, 0.1) is 7.11 Å². The molecule has 0 atom stereocenters. The van der Waals surface area contributed by atoms with E-state index in [1.165, 1.54) is 22.2 Å². The first kappa shape index (κ1) is 14.2. The fraction of sp³-hybridized carbons (Fsp3) is 0.263. The van der Waals surface area contributed by atoms with Gasteiger partial charge in [0.25, 0.3) is 0 Å². The number of ether oxygens (including phenoxy) is 1. The molecule has 0 aliphatic carbocycles. The molecular weight excluding hydrogens is 288 g/mol. The summed E-state index contributed by atoms with van der Waals surface area (Å²) in [5, 5.41) is 11.1. The number of aromatic nitrogens is 1. The summed E-state index contributed by atoms with van der Waals surface area (Å²) in [7, 11) is 1.58. The van der Waals surface area contributed by atoms with Crippen molar-refractivity contribution in [2.24, 2.45) is 0 Å². The van der Waals surface area contributed by atoms with Gasteiger partial charge in [-0.2, -0.15) is 0 Å². The predicted octanol–water partition coefficient (Wildman–Crippen LogP) is 3.44. The summed E-state index contributed by atoms with van der Waals surface area (Å²) < 4.78 is 5.20. The van der Waals surface area contributed by atoms with E-state index in [2.05, 4.69) is 34.1 Å². The molecule has 0 saturated carbocycles. The van der Waals surface area contributed by atoms with Gasteiger partial charge >= 0.3 is 0 Å². The van der Waals surface area contributed by atoms with Crippen LogP contribution in [0.25, 0.3) is 10.9 Å². The van der Waals surface area contributed by atoms with Gasteiger partial charge < -0.3 is 14.8 Å². The Bertz CT molecular complexity index is 854. The maximum Gasteiger partial charge on any atom is 0.160 e. The second-order valence-corrected chi connectivity index (χ2v) is 6.09. The molecule has 4 rings (SSSR count). The van der Waals surface area contributed by atoms with Crippen molar-refractivity contribution in [1.82, 2.24) is 9.88 Å². The standard InChI is InChI=1S/C19H20N2O2/c1-23-19-10-13(6-7-18(19)22)11-21-9-8-15-14-4-2-3-5-16(14)20-17(15)12-21/h2-7,10,20,22H,8-9,11-12H2,1H3. The molecule has 4 nitrogen and oxygen atoms in total. The molecule has 23 heavy (non-hydrogen) atoms. The molecule has 3 aromatic rings. The van der Waals surface area contributed by atoms with Crippen molar-refractivity contribution >= 4 is 10.9 Å². The maximum absolute atomic E-state index is 9.71. The predicted molar refractivity (Wildman–Crippen MR) is 90.8 cm³/mol. The highest BCUT2D eigenvalue weighted by molar-refractivity contribution is 5.84. The lowest BCUT2D eigenvalue weighted by Gasteiger charge is -2.27. The molecule has 1 aromatic heterocycles. The Morgan fingerprint density at radius 2 is 2.09 bits per heavy atom. The van der Waals surface area contributed by atoms with Crippen molar-refractivity contribution in [3.05, 3.63) is 59.3 Å². The topological polar surface area (TPSA) is 48.5 Å². The Balaban J connectivity index is 1.56. The van der Waals surface area contributed by atoms with Crippen LogP contribution in [0.3, 0.4) is 0 Å². The molecule has 0 radical (unpaired) electrons. The summed E-state index contributed by atoms with van der Waals surface area (Å²) in [5.74, 6) is 0.721. The van der Waals surface area contributed by atoms with Crippen molar-refractivity contribution < 1.29 is 9.84 Å². The summed E-state index contributed by atoms with van der Waals surface area (Å²) in [6.45, 7) is 2.82. The van der Waals surface area contributed by atoms with Crippen LogP contribution in [0.5, 0.6) is 11.5 Å². The zero-order valence-corrected chi connectivity index (χ0v) is 13.2. The maximum atomic E-state index is 9.71. The quantitative estimate of drug-likeness (QED) is 0.779. The number of aromatic hydroxyl groups is 1. The lowest BCUT2D eigenvalue weighted by molar-refractivity contribution is 0.243. The summed E-state index contributed by atoms with van der Waals surface area (Å²) in [6.07, 6.45) is 1.06. The number of H-pyrrole nitrogens is 1. The Morgan fingerprint density at radius 3 is 2.96 bits per heavy atom. The van der Waals surface area contributed by atoms with E-state index in [0.717, 1.165) is 31.6 Å². The van der Waals surface area contributed by atoms with Crippen LogP contribution >= 0.6 is 0 Å². The molecule has 2 N–H and O–H groups in total. The third kappa shape index (κ3) is 2.55. The molecular formula is C19H20N2O2. The largest absolute Gasteiger partial charge is 0.504 e. The molecule has 0 spiro atoms. The lowest BCUT2D eigenvalue weighted by atomic mass is 10.0. The minimum atomic E-state index is 0.188. The van der Waals surface area contributed by atoms with Crippen molar-refractivity contribution in [3.8, 4) is 11.5 Å². The number of phenols is 1. The zero-order valence-electron chi connectivity index (χ0n) is 13.2. The highest BCUT2D eigenvalue weighted by atomic mass is 16.5. The molecule has 2 aromatic carbocycles. The number of benzene rings is 2.